The van der Waals surface area contributed by atoms with Crippen molar-refractivity contribution < 1.29 is 19.5 Å². The first-order valence-electron chi connectivity index (χ1n) is 5.86. The fraction of sp³-hybridized carbons (Fsp3) is 0.727. The van der Waals surface area contributed by atoms with E-state index in [1.54, 1.807) is 13.8 Å². The molecule has 0 spiro atoms. The van der Waals surface area contributed by atoms with Crippen molar-refractivity contribution in [2.75, 3.05) is 18.6 Å². The molecule has 0 aromatic heterocycles. The van der Waals surface area contributed by atoms with Crippen LogP contribution in [0, 0.1) is 0 Å². The Bertz CT molecular complexity index is 336. The second-order valence-electron chi connectivity index (χ2n) is 4.31. The van der Waals surface area contributed by atoms with Gasteiger partial charge in [-0.25, -0.2) is 9.59 Å². The number of aliphatic carboxylic acids is 1. The molecule has 0 aromatic carbocycles. The molecule has 0 unspecified atom stereocenters. The maximum absolute atomic E-state index is 11.9. The first-order valence-corrected chi connectivity index (χ1v) is 7.26. The zero-order valence-corrected chi connectivity index (χ0v) is 12.2. The topological polar surface area (TPSA) is 113 Å². The van der Waals surface area contributed by atoms with E-state index in [1.807, 2.05) is 6.26 Å². The Morgan fingerprint density at radius 3 is 2.32 bits per heavy atom. The third-order valence-electron chi connectivity index (χ3n) is 2.42. The average molecular weight is 291 g/mol. The number of primary amides is 1. The highest BCUT2D eigenvalue weighted by molar-refractivity contribution is 7.98. The molecule has 8 heteroatoms. The first-order chi connectivity index (χ1) is 8.79. The molecule has 19 heavy (non-hydrogen) atoms. The van der Waals surface area contributed by atoms with E-state index in [4.69, 9.17) is 10.8 Å². The molecule has 0 aliphatic carbocycles. The first kappa shape index (κ1) is 17.6. The van der Waals surface area contributed by atoms with Crippen molar-refractivity contribution in [3.8, 4) is 0 Å². The van der Waals surface area contributed by atoms with Crippen LogP contribution in [0.3, 0.4) is 0 Å². The average Bonchev–Trinajstić information content (AvgIpc) is 2.30. The molecule has 0 saturated heterocycles. The van der Waals surface area contributed by atoms with Crippen molar-refractivity contribution in [3.05, 3.63) is 0 Å². The summed E-state index contributed by atoms with van der Waals surface area (Å²) >= 11 is 1.50. The van der Waals surface area contributed by atoms with Crippen LogP contribution in [0.15, 0.2) is 0 Å². The summed E-state index contributed by atoms with van der Waals surface area (Å²) in [6, 6.07) is -1.81. The molecule has 4 N–H and O–H groups in total. The van der Waals surface area contributed by atoms with E-state index in [1.165, 1.54) is 16.7 Å². The molecule has 1 atom stereocenters. The molecule has 0 radical (unpaired) electrons. The molecule has 0 bridgehead atoms. The predicted molar refractivity (Wildman–Crippen MR) is 74.0 cm³/mol. The molecule has 0 fully saturated rings. The minimum absolute atomic E-state index is 0.238. The van der Waals surface area contributed by atoms with Crippen molar-refractivity contribution in [1.82, 2.24) is 10.2 Å². The number of rotatable bonds is 8. The summed E-state index contributed by atoms with van der Waals surface area (Å²) in [5, 5.41) is 11.4. The Hall–Kier alpha value is -1.44. The Balaban J connectivity index is 4.65. The Kier molecular flexibility index (Phi) is 7.97. The quantitative estimate of drug-likeness (QED) is 0.587. The van der Waals surface area contributed by atoms with Crippen LogP contribution in [0.2, 0.25) is 0 Å². The lowest BCUT2D eigenvalue weighted by molar-refractivity contribution is -0.139. The Morgan fingerprint density at radius 1 is 1.37 bits per heavy atom. The van der Waals surface area contributed by atoms with Gasteiger partial charge in [-0.1, -0.05) is 0 Å². The molecule has 0 aliphatic rings. The molecule has 7 nitrogen and oxygen atoms in total. The summed E-state index contributed by atoms with van der Waals surface area (Å²) in [7, 11) is 0. The number of carbonyl (C=O) groups is 3. The Morgan fingerprint density at radius 2 is 1.95 bits per heavy atom. The van der Waals surface area contributed by atoms with E-state index in [0.717, 1.165) is 0 Å². The monoisotopic (exact) mass is 291 g/mol. The Labute approximate surface area is 116 Å². The molecular formula is C11H21N3O4S. The van der Waals surface area contributed by atoms with Crippen molar-refractivity contribution >= 4 is 29.7 Å². The lowest BCUT2D eigenvalue weighted by Crippen LogP contribution is -2.52. The molecule has 0 heterocycles. The fourth-order valence-corrected chi connectivity index (χ4v) is 1.85. The van der Waals surface area contributed by atoms with Crippen LogP contribution in [-0.4, -0.2) is 58.6 Å². The SMILES string of the molecule is CSCC[C@@H](NC(=O)N(CC(N)=O)C(C)C)C(=O)O. The normalized spacial score (nSPS) is 12.0. The number of nitrogens with zero attached hydrogens (tertiary/aromatic N) is 1. The summed E-state index contributed by atoms with van der Waals surface area (Å²) in [6.45, 7) is 3.21. The number of carbonyl (C=O) groups excluding carboxylic acids is 2. The van der Waals surface area contributed by atoms with Crippen LogP contribution in [0.5, 0.6) is 0 Å². The summed E-state index contributed by atoms with van der Waals surface area (Å²) in [6.07, 6.45) is 2.18. The van der Waals surface area contributed by atoms with Gasteiger partial charge in [-0.3, -0.25) is 4.79 Å². The summed E-state index contributed by atoms with van der Waals surface area (Å²) in [4.78, 5) is 35.1. The van der Waals surface area contributed by atoms with E-state index in [0.29, 0.717) is 12.2 Å². The standard InChI is InChI=1S/C11H21N3O4S/c1-7(2)14(6-9(12)15)11(18)13-8(10(16)17)4-5-19-3/h7-8H,4-6H2,1-3H3,(H2,12,15)(H,13,18)(H,16,17)/t8-/m1/s1. The van der Waals surface area contributed by atoms with Crippen molar-refractivity contribution in [3.63, 3.8) is 0 Å². The molecule has 0 saturated carbocycles. The maximum Gasteiger partial charge on any atom is 0.326 e. The molecule has 0 aliphatic heterocycles. The number of thioether (sulfide) groups is 1. The highest BCUT2D eigenvalue weighted by Gasteiger charge is 2.25. The van der Waals surface area contributed by atoms with Gasteiger partial charge in [0.05, 0.1) is 0 Å². The highest BCUT2D eigenvalue weighted by atomic mass is 32.2. The van der Waals surface area contributed by atoms with Gasteiger partial charge in [0, 0.05) is 6.04 Å². The molecule has 0 aromatic rings. The number of nitrogens with two attached hydrogens (primary N) is 1. The van der Waals surface area contributed by atoms with Crippen LogP contribution >= 0.6 is 11.8 Å². The summed E-state index contributed by atoms with van der Waals surface area (Å²) < 4.78 is 0. The van der Waals surface area contributed by atoms with Gasteiger partial charge in [-0.05, 0) is 32.3 Å². The van der Waals surface area contributed by atoms with E-state index in [-0.39, 0.29) is 12.6 Å². The minimum Gasteiger partial charge on any atom is -0.480 e. The van der Waals surface area contributed by atoms with Gasteiger partial charge in [0.15, 0.2) is 0 Å². The summed E-state index contributed by atoms with van der Waals surface area (Å²) in [5.74, 6) is -1.11. The second-order valence-corrected chi connectivity index (χ2v) is 5.30. The van der Waals surface area contributed by atoms with Crippen molar-refractivity contribution in [2.24, 2.45) is 5.73 Å². The zero-order valence-electron chi connectivity index (χ0n) is 11.4. The molecule has 3 amide bonds. The lowest BCUT2D eigenvalue weighted by atomic mass is 10.2. The number of nitrogens with one attached hydrogen (secondary N) is 1. The smallest absolute Gasteiger partial charge is 0.326 e. The lowest BCUT2D eigenvalue weighted by Gasteiger charge is -2.27. The van der Waals surface area contributed by atoms with Gasteiger partial charge >= 0.3 is 12.0 Å². The highest BCUT2D eigenvalue weighted by Crippen LogP contribution is 2.04. The number of carboxylic acid groups (broad SMARTS) is 1. The number of hydrogen-bond donors (Lipinski definition) is 3. The van der Waals surface area contributed by atoms with Crippen LogP contribution in [0.25, 0.3) is 0 Å². The van der Waals surface area contributed by atoms with Crippen LogP contribution in [-0.2, 0) is 9.59 Å². The van der Waals surface area contributed by atoms with Gasteiger partial charge in [-0.15, -0.1) is 0 Å². The largest absolute Gasteiger partial charge is 0.480 e. The van der Waals surface area contributed by atoms with Crippen LogP contribution in [0.4, 0.5) is 4.79 Å². The molecule has 110 valence electrons. The van der Waals surface area contributed by atoms with Gasteiger partial charge in [0.1, 0.15) is 12.6 Å². The predicted octanol–water partition coefficient (Wildman–Crippen LogP) is 0.0980. The second kappa shape index (κ2) is 8.63. The van der Waals surface area contributed by atoms with Crippen LogP contribution < -0.4 is 11.1 Å². The number of carboxylic acids is 1. The van der Waals surface area contributed by atoms with E-state index in [2.05, 4.69) is 5.32 Å². The number of amides is 3. The van der Waals surface area contributed by atoms with Crippen LogP contribution in [0.1, 0.15) is 20.3 Å². The molecular weight excluding hydrogens is 270 g/mol. The van der Waals surface area contributed by atoms with Gasteiger partial charge in [0.25, 0.3) is 0 Å². The third kappa shape index (κ3) is 6.90. The summed E-state index contributed by atoms with van der Waals surface area (Å²) in [5.41, 5.74) is 5.06. The van der Waals surface area contributed by atoms with Gasteiger partial charge < -0.3 is 21.1 Å². The van der Waals surface area contributed by atoms with E-state index >= 15 is 0 Å². The maximum atomic E-state index is 11.9. The minimum atomic E-state index is -1.09. The number of urea groups is 1. The number of hydrogen-bond acceptors (Lipinski definition) is 4. The van der Waals surface area contributed by atoms with Gasteiger partial charge in [0.2, 0.25) is 5.91 Å². The third-order valence-corrected chi connectivity index (χ3v) is 3.06. The molecule has 0 rings (SSSR count). The van der Waals surface area contributed by atoms with Gasteiger partial charge in [-0.2, -0.15) is 11.8 Å². The van der Waals surface area contributed by atoms with Crippen molar-refractivity contribution in [2.45, 2.75) is 32.4 Å². The zero-order chi connectivity index (χ0) is 15.0. The van der Waals surface area contributed by atoms with E-state index < -0.39 is 23.9 Å². The van der Waals surface area contributed by atoms with E-state index in [9.17, 15) is 14.4 Å². The fourth-order valence-electron chi connectivity index (χ4n) is 1.38. The van der Waals surface area contributed by atoms with Crippen molar-refractivity contribution in [1.29, 1.82) is 0 Å².